The van der Waals surface area contributed by atoms with Crippen molar-refractivity contribution in [3.8, 4) is 0 Å². The summed E-state index contributed by atoms with van der Waals surface area (Å²) in [5.41, 5.74) is -1.34. The highest BCUT2D eigenvalue weighted by Crippen LogP contribution is 2.48. The van der Waals surface area contributed by atoms with Crippen LogP contribution in [-0.4, -0.2) is 21.9 Å². The van der Waals surface area contributed by atoms with Gasteiger partial charge in [0, 0.05) is 6.42 Å². The summed E-state index contributed by atoms with van der Waals surface area (Å²) in [6.07, 6.45) is 2.73. The van der Waals surface area contributed by atoms with Gasteiger partial charge < -0.3 is 9.84 Å². The fourth-order valence-corrected chi connectivity index (χ4v) is 3.52. The zero-order chi connectivity index (χ0) is 13.5. The van der Waals surface area contributed by atoms with Gasteiger partial charge in [0.05, 0.1) is 16.8 Å². The molecule has 17 heavy (non-hydrogen) atoms. The second kappa shape index (κ2) is 4.55. The van der Waals surface area contributed by atoms with Crippen LogP contribution >= 0.6 is 0 Å². The zero-order valence-corrected chi connectivity index (χ0v) is 12.6. The molecule has 0 aliphatic carbocycles. The Hall–Kier alpha value is -0.0800. The Labute approximate surface area is 107 Å². The molecule has 0 aromatic heterocycles. The third-order valence-corrected chi connectivity index (χ3v) is 3.93. The maximum atomic E-state index is 10.9. The molecular weight excluding hydrogens is 212 g/mol. The topological polar surface area (TPSA) is 29.5 Å². The van der Waals surface area contributed by atoms with Gasteiger partial charge in [-0.05, 0) is 52.4 Å². The second-order valence-corrected chi connectivity index (χ2v) is 7.52. The highest BCUT2D eigenvalue weighted by atomic mass is 16.5. The van der Waals surface area contributed by atoms with Crippen LogP contribution in [0.15, 0.2) is 0 Å². The van der Waals surface area contributed by atoms with Crippen LogP contribution in [0.2, 0.25) is 0 Å². The van der Waals surface area contributed by atoms with Crippen LogP contribution in [0.25, 0.3) is 0 Å². The Morgan fingerprint density at radius 3 is 2.00 bits per heavy atom. The number of hydrogen-bond acceptors (Lipinski definition) is 2. The summed E-state index contributed by atoms with van der Waals surface area (Å²) in [4.78, 5) is 0. The average Bonchev–Trinajstić information content (AvgIpc) is 2.10. The van der Waals surface area contributed by atoms with Crippen LogP contribution in [0.3, 0.4) is 0 Å². The zero-order valence-electron chi connectivity index (χ0n) is 12.6. The van der Waals surface area contributed by atoms with Gasteiger partial charge in [0.1, 0.15) is 0 Å². The van der Waals surface area contributed by atoms with E-state index in [1.165, 1.54) is 6.42 Å². The molecule has 0 spiro atoms. The molecule has 0 bridgehead atoms. The van der Waals surface area contributed by atoms with E-state index < -0.39 is 11.2 Å². The monoisotopic (exact) mass is 242 g/mol. The minimum Gasteiger partial charge on any atom is -0.387 e. The molecule has 2 heteroatoms. The van der Waals surface area contributed by atoms with E-state index in [0.717, 1.165) is 12.8 Å². The fraction of sp³-hybridized carbons (Fsp3) is 1.00. The molecule has 1 aliphatic rings. The largest absolute Gasteiger partial charge is 0.387 e. The SMILES string of the molecule is CC(C)CC(C)CC1(O)CC(C)(C)OC1(C)C. The Kier molecular flexibility index (Phi) is 4.01. The average molecular weight is 242 g/mol. The Balaban J connectivity index is 2.74. The fourth-order valence-electron chi connectivity index (χ4n) is 3.52. The van der Waals surface area contributed by atoms with E-state index in [1.807, 2.05) is 13.8 Å². The van der Waals surface area contributed by atoms with Gasteiger partial charge in [0.15, 0.2) is 0 Å². The van der Waals surface area contributed by atoms with Crippen molar-refractivity contribution >= 4 is 0 Å². The Bertz CT molecular complexity index is 268. The van der Waals surface area contributed by atoms with E-state index in [0.29, 0.717) is 11.8 Å². The molecule has 1 rings (SSSR count). The minimum atomic E-state index is -0.690. The molecule has 0 amide bonds. The lowest BCUT2D eigenvalue weighted by atomic mass is 9.75. The standard InChI is InChI=1S/C15H30O2/c1-11(2)8-12(3)9-15(16)10-13(4,5)17-14(15,6)7/h11-12,16H,8-10H2,1-7H3. The van der Waals surface area contributed by atoms with Crippen LogP contribution in [0.1, 0.15) is 67.7 Å². The van der Waals surface area contributed by atoms with Gasteiger partial charge in [0.25, 0.3) is 0 Å². The van der Waals surface area contributed by atoms with E-state index in [4.69, 9.17) is 4.74 Å². The van der Waals surface area contributed by atoms with Gasteiger partial charge in [-0.15, -0.1) is 0 Å². The first kappa shape index (κ1) is 15.0. The molecule has 1 heterocycles. The third-order valence-electron chi connectivity index (χ3n) is 3.93. The number of hydrogen-bond donors (Lipinski definition) is 1. The lowest BCUT2D eigenvalue weighted by molar-refractivity contribution is -0.133. The molecule has 1 fully saturated rings. The first-order valence-electron chi connectivity index (χ1n) is 6.90. The van der Waals surface area contributed by atoms with Gasteiger partial charge >= 0.3 is 0 Å². The van der Waals surface area contributed by atoms with Gasteiger partial charge in [0.2, 0.25) is 0 Å². The van der Waals surface area contributed by atoms with E-state index in [1.54, 1.807) is 0 Å². The summed E-state index contributed by atoms with van der Waals surface area (Å²) in [6.45, 7) is 14.9. The number of ether oxygens (including phenoxy) is 1. The van der Waals surface area contributed by atoms with Crippen molar-refractivity contribution in [3.05, 3.63) is 0 Å². The van der Waals surface area contributed by atoms with E-state index in [2.05, 4.69) is 34.6 Å². The number of rotatable bonds is 4. The van der Waals surface area contributed by atoms with E-state index in [-0.39, 0.29) is 5.60 Å². The van der Waals surface area contributed by atoms with Crippen molar-refractivity contribution in [1.82, 2.24) is 0 Å². The number of aliphatic hydroxyl groups is 1. The smallest absolute Gasteiger partial charge is 0.0960 e. The second-order valence-electron chi connectivity index (χ2n) is 7.52. The maximum absolute atomic E-state index is 10.9. The molecule has 0 aromatic carbocycles. The predicted molar refractivity (Wildman–Crippen MR) is 72.0 cm³/mol. The molecule has 1 N–H and O–H groups in total. The van der Waals surface area contributed by atoms with Crippen molar-refractivity contribution in [2.75, 3.05) is 0 Å². The van der Waals surface area contributed by atoms with Gasteiger partial charge in [-0.1, -0.05) is 20.8 Å². The molecule has 1 aliphatic heterocycles. The van der Waals surface area contributed by atoms with Crippen LogP contribution in [-0.2, 0) is 4.74 Å². The Morgan fingerprint density at radius 2 is 1.65 bits per heavy atom. The van der Waals surface area contributed by atoms with E-state index >= 15 is 0 Å². The van der Waals surface area contributed by atoms with Gasteiger partial charge in [-0.2, -0.15) is 0 Å². The summed E-state index contributed by atoms with van der Waals surface area (Å²) < 4.78 is 6.01. The molecule has 2 unspecified atom stereocenters. The maximum Gasteiger partial charge on any atom is 0.0960 e. The molecule has 1 saturated heterocycles. The van der Waals surface area contributed by atoms with Gasteiger partial charge in [-0.3, -0.25) is 0 Å². The summed E-state index contributed by atoms with van der Waals surface area (Å²) in [5, 5.41) is 10.9. The summed E-state index contributed by atoms with van der Waals surface area (Å²) in [5.74, 6) is 1.23. The van der Waals surface area contributed by atoms with Crippen molar-refractivity contribution in [2.45, 2.75) is 84.5 Å². The van der Waals surface area contributed by atoms with Crippen LogP contribution in [0.5, 0.6) is 0 Å². The van der Waals surface area contributed by atoms with Crippen LogP contribution < -0.4 is 0 Å². The summed E-state index contributed by atoms with van der Waals surface area (Å²) in [6, 6.07) is 0. The summed E-state index contributed by atoms with van der Waals surface area (Å²) >= 11 is 0. The summed E-state index contributed by atoms with van der Waals surface area (Å²) in [7, 11) is 0. The van der Waals surface area contributed by atoms with Crippen molar-refractivity contribution < 1.29 is 9.84 Å². The lowest BCUT2D eigenvalue weighted by Crippen LogP contribution is -2.47. The molecule has 0 radical (unpaired) electrons. The Morgan fingerprint density at radius 1 is 1.12 bits per heavy atom. The highest BCUT2D eigenvalue weighted by Gasteiger charge is 2.56. The van der Waals surface area contributed by atoms with E-state index in [9.17, 15) is 5.11 Å². The molecule has 102 valence electrons. The molecule has 2 atom stereocenters. The molecule has 0 aromatic rings. The first-order chi connectivity index (χ1) is 7.47. The van der Waals surface area contributed by atoms with Crippen molar-refractivity contribution in [2.24, 2.45) is 11.8 Å². The molecular formula is C15H30O2. The molecule has 0 saturated carbocycles. The normalized spacial score (nSPS) is 33.0. The quantitative estimate of drug-likeness (QED) is 0.813. The predicted octanol–water partition coefficient (Wildman–Crippen LogP) is 3.77. The molecule has 2 nitrogen and oxygen atoms in total. The first-order valence-corrected chi connectivity index (χ1v) is 6.90. The van der Waals surface area contributed by atoms with Gasteiger partial charge in [-0.25, -0.2) is 0 Å². The lowest BCUT2D eigenvalue weighted by Gasteiger charge is -2.37. The van der Waals surface area contributed by atoms with Crippen LogP contribution in [0, 0.1) is 11.8 Å². The van der Waals surface area contributed by atoms with Crippen LogP contribution in [0.4, 0.5) is 0 Å². The highest BCUT2D eigenvalue weighted by molar-refractivity contribution is 5.06. The van der Waals surface area contributed by atoms with Crippen molar-refractivity contribution in [1.29, 1.82) is 0 Å². The van der Waals surface area contributed by atoms with Crippen molar-refractivity contribution in [3.63, 3.8) is 0 Å². The minimum absolute atomic E-state index is 0.212. The third kappa shape index (κ3) is 3.45.